The minimum Gasteiger partial charge on any atom is -0.463 e. The van der Waals surface area contributed by atoms with E-state index in [1.54, 1.807) is 6.20 Å². The van der Waals surface area contributed by atoms with Gasteiger partial charge in [-0.05, 0) is 13.0 Å². The first-order chi connectivity index (χ1) is 16.8. The number of hydrogen-bond donors (Lipinski definition) is 4. The van der Waals surface area contributed by atoms with Gasteiger partial charge in [0.25, 0.3) is 5.56 Å². The number of aliphatic hydroxyl groups excluding tert-OH is 1. The van der Waals surface area contributed by atoms with E-state index in [-0.39, 0.29) is 13.0 Å². The van der Waals surface area contributed by atoms with Crippen LogP contribution in [0.4, 0.5) is 5.69 Å². The Hall–Kier alpha value is -3.10. The molecule has 1 aromatic carbocycles. The lowest BCUT2D eigenvalue weighted by Crippen LogP contribution is -2.45. The standard InChI is InChI=1S/C22H28N6O7/c1-22(32)19(30)16(11-34-17(29)2-3-27-4-6-33-7-5-27)35-21(22)28-10-13-14(23)8-12-18(13)15(26-28)9-24-25-20(12)31/h8-10,16,19,21,30,32H,2-7,11,23H2,1H3,(H,25,31). The lowest BCUT2D eigenvalue weighted by Gasteiger charge is -2.27. The molecule has 0 radical (unpaired) electrons. The number of aromatic nitrogens is 4. The largest absolute Gasteiger partial charge is 0.463 e. The molecule has 2 aliphatic heterocycles. The normalized spacial score (nSPS) is 27.6. The lowest BCUT2D eigenvalue weighted by molar-refractivity contribution is -0.151. The first-order valence-electron chi connectivity index (χ1n) is 11.4. The Balaban J connectivity index is 1.33. The molecular weight excluding hydrogens is 460 g/mol. The minimum atomic E-state index is -1.76. The molecule has 0 bridgehead atoms. The third-order valence-electron chi connectivity index (χ3n) is 6.63. The smallest absolute Gasteiger partial charge is 0.307 e. The Morgan fingerprint density at radius 1 is 1.37 bits per heavy atom. The van der Waals surface area contributed by atoms with Crippen LogP contribution < -0.4 is 11.3 Å². The van der Waals surface area contributed by atoms with Crippen molar-refractivity contribution in [2.75, 3.05) is 45.2 Å². The summed E-state index contributed by atoms with van der Waals surface area (Å²) in [5.74, 6) is -0.422. The van der Waals surface area contributed by atoms with E-state index in [2.05, 4.69) is 20.2 Å². The van der Waals surface area contributed by atoms with E-state index in [0.29, 0.717) is 47.1 Å². The van der Waals surface area contributed by atoms with Gasteiger partial charge in [0, 0.05) is 42.3 Å². The summed E-state index contributed by atoms with van der Waals surface area (Å²) >= 11 is 0. The summed E-state index contributed by atoms with van der Waals surface area (Å²) in [5, 5.41) is 33.9. The molecule has 35 heavy (non-hydrogen) atoms. The molecule has 0 saturated carbocycles. The third kappa shape index (κ3) is 4.36. The van der Waals surface area contributed by atoms with Gasteiger partial charge in [-0.15, -0.1) is 0 Å². The monoisotopic (exact) mass is 488 g/mol. The Labute approximate surface area is 199 Å². The third-order valence-corrected chi connectivity index (χ3v) is 6.63. The van der Waals surface area contributed by atoms with Crippen molar-refractivity contribution in [3.8, 4) is 0 Å². The van der Waals surface area contributed by atoms with E-state index in [0.717, 1.165) is 13.1 Å². The number of carbonyl (C=O) groups excluding carboxylic acids is 1. The summed E-state index contributed by atoms with van der Waals surface area (Å²) in [6, 6.07) is 1.53. The number of anilines is 1. The average Bonchev–Trinajstić information content (AvgIpc) is 3.23. The molecule has 188 valence electrons. The zero-order chi connectivity index (χ0) is 24.7. The number of aliphatic hydroxyl groups is 2. The van der Waals surface area contributed by atoms with Gasteiger partial charge in [0.15, 0.2) is 6.23 Å². The van der Waals surface area contributed by atoms with Crippen LogP contribution in [-0.2, 0) is 19.0 Å². The second-order valence-corrected chi connectivity index (χ2v) is 9.08. The summed E-state index contributed by atoms with van der Waals surface area (Å²) < 4.78 is 17.9. The van der Waals surface area contributed by atoms with Crippen LogP contribution in [-0.4, -0.2) is 98.3 Å². The number of H-pyrrole nitrogens is 1. The van der Waals surface area contributed by atoms with Crippen LogP contribution in [0, 0.1) is 0 Å². The molecule has 13 nitrogen and oxygen atoms in total. The zero-order valence-corrected chi connectivity index (χ0v) is 19.2. The number of ether oxygens (including phenoxy) is 3. The Morgan fingerprint density at radius 3 is 2.91 bits per heavy atom. The number of nitrogens with zero attached hydrogens (tertiary/aromatic N) is 4. The van der Waals surface area contributed by atoms with Gasteiger partial charge in [-0.25, -0.2) is 9.78 Å². The molecule has 4 unspecified atom stereocenters. The van der Waals surface area contributed by atoms with Gasteiger partial charge in [-0.2, -0.15) is 10.2 Å². The second-order valence-electron chi connectivity index (χ2n) is 9.08. The predicted octanol–water partition coefficient (Wildman–Crippen LogP) is -0.870. The molecule has 13 heteroatoms. The first-order valence-corrected chi connectivity index (χ1v) is 11.4. The molecular formula is C22H28N6O7. The second kappa shape index (κ2) is 9.17. The number of nitrogen functional groups attached to an aromatic ring is 1. The number of carbonyl (C=O) groups is 1. The van der Waals surface area contributed by atoms with Gasteiger partial charge in [0.05, 0.1) is 31.2 Å². The summed E-state index contributed by atoms with van der Waals surface area (Å²) in [6.07, 6.45) is -0.325. The summed E-state index contributed by atoms with van der Waals surface area (Å²) in [6.45, 7) is 4.56. The highest BCUT2D eigenvalue weighted by atomic mass is 16.6. The van der Waals surface area contributed by atoms with Gasteiger partial charge < -0.3 is 30.2 Å². The number of nitrogens with one attached hydrogen (secondary N) is 1. The van der Waals surface area contributed by atoms with E-state index in [1.807, 2.05) is 0 Å². The van der Waals surface area contributed by atoms with Crippen LogP contribution in [0.2, 0.25) is 0 Å². The number of hydrogen-bond acceptors (Lipinski definition) is 11. The van der Waals surface area contributed by atoms with Crippen molar-refractivity contribution in [1.29, 1.82) is 0 Å². The molecule has 5 N–H and O–H groups in total. The van der Waals surface area contributed by atoms with Crippen molar-refractivity contribution in [3.63, 3.8) is 0 Å². The molecule has 3 aromatic rings. The van der Waals surface area contributed by atoms with E-state index in [1.165, 1.54) is 23.9 Å². The van der Waals surface area contributed by atoms with Crippen LogP contribution in [0.3, 0.4) is 0 Å². The summed E-state index contributed by atoms with van der Waals surface area (Å²) in [7, 11) is 0. The van der Waals surface area contributed by atoms with Crippen LogP contribution in [0.25, 0.3) is 21.7 Å². The lowest BCUT2D eigenvalue weighted by atomic mass is 9.97. The summed E-state index contributed by atoms with van der Waals surface area (Å²) in [5.41, 5.74) is 4.66. The van der Waals surface area contributed by atoms with Crippen LogP contribution in [0.5, 0.6) is 0 Å². The van der Waals surface area contributed by atoms with Crippen molar-refractivity contribution < 1.29 is 29.2 Å². The topological polar surface area (TPSA) is 178 Å². The molecule has 4 heterocycles. The number of nitrogens with two attached hydrogens (primary N) is 1. The number of rotatable bonds is 6. The number of morpholine rings is 1. The molecule has 2 aromatic heterocycles. The van der Waals surface area contributed by atoms with Gasteiger partial charge in [0.1, 0.15) is 29.9 Å². The summed E-state index contributed by atoms with van der Waals surface area (Å²) in [4.78, 5) is 26.6. The quantitative estimate of drug-likeness (QED) is 0.317. The van der Waals surface area contributed by atoms with Crippen molar-refractivity contribution in [3.05, 3.63) is 28.8 Å². The SMILES string of the molecule is CC1(O)C(O)C(COC(=O)CCN2CCOCC2)OC1n1cc2c(N)cc3c(=O)[nH]ncc(n1)c23. The van der Waals surface area contributed by atoms with Gasteiger partial charge >= 0.3 is 5.97 Å². The highest BCUT2D eigenvalue weighted by molar-refractivity contribution is 6.14. The Kier molecular flexibility index (Phi) is 6.19. The van der Waals surface area contributed by atoms with Crippen LogP contribution in [0.15, 0.2) is 23.3 Å². The Morgan fingerprint density at radius 2 is 2.14 bits per heavy atom. The molecule has 2 fully saturated rings. The molecule has 0 amide bonds. The fraction of sp³-hybridized carbons (Fsp3) is 0.545. The van der Waals surface area contributed by atoms with Crippen molar-refractivity contribution in [2.45, 2.75) is 37.4 Å². The average molecular weight is 489 g/mol. The van der Waals surface area contributed by atoms with Crippen molar-refractivity contribution >= 4 is 33.3 Å². The van der Waals surface area contributed by atoms with E-state index >= 15 is 0 Å². The highest BCUT2D eigenvalue weighted by Crippen LogP contribution is 2.39. The number of aromatic amines is 1. The maximum absolute atomic E-state index is 12.2. The maximum Gasteiger partial charge on any atom is 0.307 e. The van der Waals surface area contributed by atoms with E-state index < -0.39 is 35.6 Å². The fourth-order valence-electron chi connectivity index (χ4n) is 4.63. The molecule has 2 saturated heterocycles. The maximum atomic E-state index is 12.2. The fourth-order valence-corrected chi connectivity index (χ4v) is 4.63. The van der Waals surface area contributed by atoms with Crippen molar-refractivity contribution in [2.24, 2.45) is 0 Å². The van der Waals surface area contributed by atoms with Crippen LogP contribution >= 0.6 is 0 Å². The molecule has 2 aliphatic rings. The number of esters is 1. The van der Waals surface area contributed by atoms with Crippen LogP contribution in [0.1, 0.15) is 19.6 Å². The molecule has 4 atom stereocenters. The van der Waals surface area contributed by atoms with E-state index in [4.69, 9.17) is 19.9 Å². The van der Waals surface area contributed by atoms with Gasteiger partial charge in [-0.3, -0.25) is 14.5 Å². The van der Waals surface area contributed by atoms with Crippen molar-refractivity contribution in [1.82, 2.24) is 24.9 Å². The predicted molar refractivity (Wildman–Crippen MR) is 123 cm³/mol. The van der Waals surface area contributed by atoms with Gasteiger partial charge in [0.2, 0.25) is 0 Å². The molecule has 0 aliphatic carbocycles. The van der Waals surface area contributed by atoms with E-state index in [9.17, 15) is 19.8 Å². The molecule has 5 rings (SSSR count). The zero-order valence-electron chi connectivity index (χ0n) is 19.2. The molecule has 0 spiro atoms. The van der Waals surface area contributed by atoms with Gasteiger partial charge in [-0.1, -0.05) is 0 Å². The Bertz CT molecular complexity index is 1300. The highest BCUT2D eigenvalue weighted by Gasteiger charge is 2.53. The first kappa shape index (κ1) is 23.6. The minimum absolute atomic E-state index is 0.198.